The Balaban J connectivity index is 0. The molecule has 0 amide bonds. The zero-order valence-corrected chi connectivity index (χ0v) is 25.2. The highest BCUT2D eigenvalue weighted by Gasteiger charge is 2.16. The average Bonchev–Trinajstić information content (AvgIpc) is 3.40. The van der Waals surface area contributed by atoms with Crippen LogP contribution in [0.4, 0.5) is 0 Å². The lowest BCUT2D eigenvalue weighted by Crippen LogP contribution is -2.14. The number of carbonyl (C=O) groups is 4. The van der Waals surface area contributed by atoms with Crippen LogP contribution in [0.2, 0.25) is 0 Å². The molecule has 0 aliphatic rings. The Bertz CT molecular complexity index is 1080. The number of carbonyl (C=O) groups excluding carboxylic acids is 4. The van der Waals surface area contributed by atoms with Crippen LogP contribution in [0.25, 0.3) is 0 Å². The number of nitrogens with zero attached hydrogens (tertiary/aromatic N) is 4. The van der Waals surface area contributed by atoms with E-state index >= 15 is 0 Å². The second kappa shape index (κ2) is 21.8. The number of hydrogen-bond donors (Lipinski definition) is 2. The maximum Gasteiger partial charge on any atom is 0.344 e. The van der Waals surface area contributed by atoms with Gasteiger partial charge in [-0.1, -0.05) is 0 Å². The molecule has 14 nitrogen and oxygen atoms in total. The van der Waals surface area contributed by atoms with E-state index in [2.05, 4.69) is 26.2 Å². The molecule has 0 unspecified atom stereocenters. The number of Topliss-reactive ketones (excluding diaryl/α,β-unsaturated/α-hetero) is 1. The lowest BCUT2D eigenvalue weighted by Gasteiger charge is -2.03. The Labute approximate surface area is 235 Å². The summed E-state index contributed by atoms with van der Waals surface area (Å²) in [6.45, 7) is 13.4. The maximum absolute atomic E-state index is 11.2. The van der Waals surface area contributed by atoms with Crippen molar-refractivity contribution in [2.45, 2.75) is 48.5 Å². The van der Waals surface area contributed by atoms with E-state index in [1.807, 2.05) is 6.92 Å². The molecule has 3 N–H and O–H groups in total. The first-order chi connectivity index (χ1) is 18.9. The molecular weight excluding hydrogens is 524 g/mol. The van der Waals surface area contributed by atoms with Gasteiger partial charge in [0.05, 0.1) is 38.3 Å². The number of nitrogens with one attached hydrogen (secondary N) is 1. The fraction of sp³-hybridized carbons (Fsp3) is 0.538. The van der Waals surface area contributed by atoms with Crippen LogP contribution >= 0.6 is 0 Å². The number of hydrogen-bond acceptors (Lipinski definition) is 12. The normalized spacial score (nSPS) is 9.93. The van der Waals surface area contributed by atoms with E-state index in [0.717, 1.165) is 12.0 Å². The number of aryl methyl sites for hydroxylation is 3. The van der Waals surface area contributed by atoms with E-state index in [9.17, 15) is 19.2 Å². The Morgan fingerprint density at radius 3 is 1.77 bits per heavy atom. The van der Waals surface area contributed by atoms with Gasteiger partial charge < -0.3 is 18.9 Å². The molecule has 0 aromatic carbocycles. The molecule has 0 fully saturated rings. The van der Waals surface area contributed by atoms with Crippen molar-refractivity contribution in [1.82, 2.24) is 25.0 Å². The number of nitrogens with two attached hydrogens (primary N) is 1. The van der Waals surface area contributed by atoms with E-state index in [0.29, 0.717) is 36.6 Å². The van der Waals surface area contributed by atoms with Crippen LogP contribution in [-0.2, 0) is 42.6 Å². The topological polar surface area (TPSA) is 179 Å². The van der Waals surface area contributed by atoms with Gasteiger partial charge in [0, 0.05) is 26.0 Å². The molecule has 226 valence electrons. The summed E-state index contributed by atoms with van der Waals surface area (Å²) in [6, 6.07) is 0. The molecule has 0 bridgehead atoms. The summed E-state index contributed by atoms with van der Waals surface area (Å²) in [4.78, 5) is 44.4. The summed E-state index contributed by atoms with van der Waals surface area (Å²) in [5.74, 6) is 3.00. The lowest BCUT2D eigenvalue weighted by molar-refractivity contribution is -0.140. The number of aromatic nitrogens is 4. The van der Waals surface area contributed by atoms with E-state index in [1.54, 1.807) is 71.3 Å². The molecule has 0 saturated carbocycles. The first-order valence-corrected chi connectivity index (χ1v) is 12.6. The van der Waals surface area contributed by atoms with Crippen LogP contribution < -0.4 is 11.3 Å². The summed E-state index contributed by atoms with van der Waals surface area (Å²) in [5.41, 5.74) is 4.81. The Hall–Kier alpha value is -4.04. The number of rotatable bonds is 9. The minimum absolute atomic E-state index is 0.0521. The summed E-state index contributed by atoms with van der Waals surface area (Å²) >= 11 is 0. The Morgan fingerprint density at radius 1 is 0.925 bits per heavy atom. The number of ketones is 1. The molecule has 0 atom stereocenters. The third-order valence-electron chi connectivity index (χ3n) is 4.48. The molecule has 14 heteroatoms. The lowest BCUT2D eigenvalue weighted by atomic mass is 10.2. The molecule has 2 heterocycles. The fourth-order valence-electron chi connectivity index (χ4n) is 2.57. The summed E-state index contributed by atoms with van der Waals surface area (Å²) < 4.78 is 22.4. The van der Waals surface area contributed by atoms with Gasteiger partial charge in [-0.3, -0.25) is 25.4 Å². The fourth-order valence-corrected chi connectivity index (χ4v) is 2.57. The van der Waals surface area contributed by atoms with Gasteiger partial charge >= 0.3 is 17.9 Å². The third kappa shape index (κ3) is 14.8. The third-order valence-corrected chi connectivity index (χ3v) is 4.48. The molecular formula is C26H44N6O8. The molecule has 0 aliphatic heterocycles. The van der Waals surface area contributed by atoms with Crippen LogP contribution in [0.3, 0.4) is 0 Å². The number of esters is 3. The van der Waals surface area contributed by atoms with Crippen molar-refractivity contribution in [2.75, 3.05) is 33.5 Å². The minimum atomic E-state index is -0.636. The molecule has 40 heavy (non-hydrogen) atoms. The molecule has 0 aliphatic carbocycles. The van der Waals surface area contributed by atoms with Crippen LogP contribution in [0, 0.1) is 13.8 Å². The quantitative estimate of drug-likeness (QED) is 0.0657. The summed E-state index contributed by atoms with van der Waals surface area (Å²) in [7, 11) is 5.22. The predicted octanol–water partition coefficient (Wildman–Crippen LogP) is 1.95. The first-order valence-electron chi connectivity index (χ1n) is 12.6. The minimum Gasteiger partial charge on any atom is -0.500 e. The van der Waals surface area contributed by atoms with Gasteiger partial charge in [-0.2, -0.15) is 10.2 Å². The molecule has 0 radical (unpaired) electrons. The predicted molar refractivity (Wildman–Crippen MR) is 148 cm³/mol. The van der Waals surface area contributed by atoms with Gasteiger partial charge in [0.1, 0.15) is 23.0 Å². The van der Waals surface area contributed by atoms with Crippen molar-refractivity contribution in [3.05, 3.63) is 46.7 Å². The van der Waals surface area contributed by atoms with Gasteiger partial charge in [0.15, 0.2) is 5.78 Å². The van der Waals surface area contributed by atoms with Crippen molar-refractivity contribution in [3.8, 4) is 0 Å². The second-order valence-electron chi connectivity index (χ2n) is 7.56. The Kier molecular flexibility index (Phi) is 20.8. The summed E-state index contributed by atoms with van der Waals surface area (Å²) in [6.07, 6.45) is 4.32. The molecule has 0 saturated heterocycles. The van der Waals surface area contributed by atoms with Crippen LogP contribution in [-0.4, -0.2) is 76.7 Å². The van der Waals surface area contributed by atoms with Gasteiger partial charge in [-0.25, -0.2) is 14.4 Å². The maximum atomic E-state index is 11.2. The van der Waals surface area contributed by atoms with E-state index in [4.69, 9.17) is 14.2 Å². The second-order valence-corrected chi connectivity index (χ2v) is 7.56. The van der Waals surface area contributed by atoms with Gasteiger partial charge in [0.25, 0.3) is 0 Å². The zero-order chi connectivity index (χ0) is 31.3. The molecule has 0 spiro atoms. The average molecular weight is 569 g/mol. The van der Waals surface area contributed by atoms with Gasteiger partial charge in [-0.15, -0.1) is 0 Å². The van der Waals surface area contributed by atoms with Crippen molar-refractivity contribution in [1.29, 1.82) is 0 Å². The van der Waals surface area contributed by atoms with Crippen LogP contribution in [0.1, 0.15) is 66.7 Å². The SMILES string of the molecule is CCOC(=O)c1cn(C)nc1C.CCOC(=O)c1cnn(C)c1C.CCOC=C(C(C)=O)C(=O)OCC.CNN. The first kappa shape index (κ1) is 38.1. The van der Waals surface area contributed by atoms with Crippen molar-refractivity contribution >= 4 is 23.7 Å². The highest BCUT2D eigenvalue weighted by molar-refractivity contribution is 6.16. The highest BCUT2D eigenvalue weighted by Crippen LogP contribution is 2.07. The van der Waals surface area contributed by atoms with Crippen LogP contribution in [0.15, 0.2) is 24.2 Å². The molecule has 2 aromatic heterocycles. The largest absolute Gasteiger partial charge is 0.500 e. The summed E-state index contributed by atoms with van der Waals surface area (Å²) in [5, 5.41) is 7.97. The van der Waals surface area contributed by atoms with Crippen LogP contribution in [0.5, 0.6) is 0 Å². The van der Waals surface area contributed by atoms with E-state index < -0.39 is 5.97 Å². The number of hydrazine groups is 1. The van der Waals surface area contributed by atoms with Gasteiger partial charge in [0.2, 0.25) is 0 Å². The molecule has 2 aromatic rings. The van der Waals surface area contributed by atoms with Crippen molar-refractivity contribution in [2.24, 2.45) is 19.9 Å². The van der Waals surface area contributed by atoms with Crippen molar-refractivity contribution in [3.63, 3.8) is 0 Å². The zero-order valence-electron chi connectivity index (χ0n) is 25.2. The monoisotopic (exact) mass is 568 g/mol. The smallest absolute Gasteiger partial charge is 0.344 e. The highest BCUT2D eigenvalue weighted by atomic mass is 16.5. The van der Waals surface area contributed by atoms with Crippen molar-refractivity contribution < 1.29 is 38.1 Å². The van der Waals surface area contributed by atoms with E-state index in [1.165, 1.54) is 13.1 Å². The van der Waals surface area contributed by atoms with Gasteiger partial charge in [-0.05, 0) is 55.5 Å². The standard InChI is InChI=1S/C9H14O4.2C8H12N2O2.CH6N2/c1-4-12-6-8(7(3)10)9(11)13-5-2;1-4-12-8(11)7-5-10(3)9-6(7)2;1-4-12-8(11)7-5-9-10(3)6(7)2;1-3-2/h6H,4-5H2,1-3H3;2*5H,4H2,1-3H3;3H,2H2,1H3. The number of ether oxygens (including phenoxy) is 4. The van der Waals surface area contributed by atoms with E-state index in [-0.39, 0.29) is 29.9 Å². The Morgan fingerprint density at radius 2 is 1.43 bits per heavy atom. The molecule has 2 rings (SSSR count).